The van der Waals surface area contributed by atoms with Crippen molar-refractivity contribution in [3.8, 4) is 33.4 Å². The first-order valence-corrected chi connectivity index (χ1v) is 12.5. The molecule has 0 bridgehead atoms. The first-order chi connectivity index (χ1) is 17.4. The molecule has 5 rings (SSSR count). The Balaban J connectivity index is 1.77. The number of fused-ring (bicyclic) bond motifs is 1. The number of aryl methyl sites for hydroxylation is 4. The highest BCUT2D eigenvalue weighted by Crippen LogP contribution is 2.43. The molecule has 0 aliphatic rings. The summed E-state index contributed by atoms with van der Waals surface area (Å²) in [6.07, 6.45) is 1.75. The van der Waals surface area contributed by atoms with Gasteiger partial charge in [-0.1, -0.05) is 11.2 Å². The van der Waals surface area contributed by atoms with E-state index in [1.807, 2.05) is 12.1 Å². The van der Waals surface area contributed by atoms with Crippen molar-refractivity contribution in [2.45, 2.75) is 40.2 Å². The molecule has 0 aliphatic carbocycles. The van der Waals surface area contributed by atoms with Crippen molar-refractivity contribution in [2.75, 3.05) is 0 Å². The molecule has 7 nitrogen and oxygen atoms in total. The zero-order chi connectivity index (χ0) is 26.6. The molecule has 0 fully saturated rings. The summed E-state index contributed by atoms with van der Waals surface area (Å²) in [5.74, 6) is 1.56. The second-order valence-electron chi connectivity index (χ2n) is 9.70. The summed E-state index contributed by atoms with van der Waals surface area (Å²) in [5.41, 5.74) is 2.12. The van der Waals surface area contributed by atoms with Crippen LogP contribution >= 0.6 is 11.3 Å². The van der Waals surface area contributed by atoms with Crippen LogP contribution in [-0.2, 0) is 12.6 Å². The topological polar surface area (TPSA) is 90.4 Å². The van der Waals surface area contributed by atoms with Gasteiger partial charge in [0.1, 0.15) is 22.0 Å². The summed E-state index contributed by atoms with van der Waals surface area (Å²) in [7, 11) is 1.69. The lowest BCUT2D eigenvalue weighted by Crippen LogP contribution is -2.16. The standard InChI is InChI=1S/C28H26FN3O4S/c1-14-9-18(29)10-15(2)24(14)35-22-8-7-17(28(4,5)34)11-19(22)21-13-32(6)27(33)25-20(21)12-23(37-25)26-30-16(3)31-36-26/h7-13,34H,1-6H3. The molecule has 0 spiro atoms. The number of hydrogen-bond donors (Lipinski definition) is 1. The molecule has 0 atom stereocenters. The van der Waals surface area contributed by atoms with Gasteiger partial charge in [0.2, 0.25) is 0 Å². The third kappa shape index (κ3) is 4.56. The minimum Gasteiger partial charge on any atom is -0.456 e. The van der Waals surface area contributed by atoms with Gasteiger partial charge in [0, 0.05) is 29.8 Å². The SMILES string of the molecule is Cc1noc(-c2cc3c(-c4cc(C(C)(C)O)ccc4Oc4c(C)cc(F)cc4C)cn(C)c(=O)c3s2)n1. The number of aliphatic hydroxyl groups is 1. The van der Waals surface area contributed by atoms with E-state index in [2.05, 4.69) is 10.1 Å². The third-order valence-corrected chi connectivity index (χ3v) is 7.32. The number of nitrogens with zero attached hydrogens (tertiary/aromatic N) is 3. The van der Waals surface area contributed by atoms with E-state index < -0.39 is 5.60 Å². The van der Waals surface area contributed by atoms with Gasteiger partial charge in [0.15, 0.2) is 5.82 Å². The van der Waals surface area contributed by atoms with Gasteiger partial charge in [-0.15, -0.1) is 11.3 Å². The zero-order valence-corrected chi connectivity index (χ0v) is 22.2. The maximum absolute atomic E-state index is 13.9. The Labute approximate surface area is 216 Å². The van der Waals surface area contributed by atoms with Crippen molar-refractivity contribution in [3.05, 3.63) is 81.3 Å². The van der Waals surface area contributed by atoms with Crippen LogP contribution < -0.4 is 10.3 Å². The highest BCUT2D eigenvalue weighted by atomic mass is 32.1. The van der Waals surface area contributed by atoms with E-state index in [9.17, 15) is 14.3 Å². The van der Waals surface area contributed by atoms with Crippen LogP contribution in [0, 0.1) is 26.6 Å². The highest BCUT2D eigenvalue weighted by molar-refractivity contribution is 7.22. The average Bonchev–Trinajstić information content (AvgIpc) is 3.45. The summed E-state index contributed by atoms with van der Waals surface area (Å²) in [6, 6.07) is 10.2. The smallest absolute Gasteiger partial charge is 0.268 e. The minimum absolute atomic E-state index is 0.155. The van der Waals surface area contributed by atoms with Crippen molar-refractivity contribution < 1.29 is 18.8 Å². The third-order valence-electron chi connectivity index (χ3n) is 6.21. The van der Waals surface area contributed by atoms with Crippen molar-refractivity contribution in [3.63, 3.8) is 0 Å². The van der Waals surface area contributed by atoms with Crippen LogP contribution in [0.1, 0.15) is 36.4 Å². The molecule has 3 heterocycles. The van der Waals surface area contributed by atoms with Gasteiger partial charge < -0.3 is 18.9 Å². The fourth-order valence-corrected chi connectivity index (χ4v) is 5.40. The molecule has 190 valence electrons. The van der Waals surface area contributed by atoms with Gasteiger partial charge in [-0.3, -0.25) is 4.79 Å². The molecular weight excluding hydrogens is 493 g/mol. The lowest BCUT2D eigenvalue weighted by atomic mass is 9.93. The molecule has 2 aromatic carbocycles. The molecule has 0 saturated heterocycles. The summed E-state index contributed by atoms with van der Waals surface area (Å²) in [5, 5.41) is 15.3. The Hall–Kier alpha value is -3.82. The summed E-state index contributed by atoms with van der Waals surface area (Å²) >= 11 is 1.28. The van der Waals surface area contributed by atoms with E-state index in [4.69, 9.17) is 9.26 Å². The van der Waals surface area contributed by atoms with Crippen LogP contribution in [0.25, 0.3) is 32.0 Å². The summed E-state index contributed by atoms with van der Waals surface area (Å²) < 4.78 is 27.7. The lowest BCUT2D eigenvalue weighted by molar-refractivity contribution is 0.0786. The van der Waals surface area contributed by atoms with E-state index in [0.29, 0.717) is 60.4 Å². The Bertz CT molecular complexity index is 1700. The van der Waals surface area contributed by atoms with Gasteiger partial charge in [-0.25, -0.2) is 4.39 Å². The minimum atomic E-state index is -1.12. The average molecular weight is 520 g/mol. The van der Waals surface area contributed by atoms with E-state index in [-0.39, 0.29) is 11.4 Å². The molecular formula is C28H26FN3O4S. The Morgan fingerprint density at radius 3 is 2.41 bits per heavy atom. The normalized spacial score (nSPS) is 11.9. The van der Waals surface area contributed by atoms with Crippen LogP contribution in [0.4, 0.5) is 4.39 Å². The van der Waals surface area contributed by atoms with Crippen molar-refractivity contribution in [1.29, 1.82) is 0 Å². The van der Waals surface area contributed by atoms with Crippen molar-refractivity contribution in [1.82, 2.24) is 14.7 Å². The quantitative estimate of drug-likeness (QED) is 0.289. The van der Waals surface area contributed by atoms with E-state index in [1.54, 1.807) is 60.0 Å². The number of pyridine rings is 1. The molecule has 0 radical (unpaired) electrons. The van der Waals surface area contributed by atoms with Crippen LogP contribution in [0.3, 0.4) is 0 Å². The molecule has 0 saturated carbocycles. The molecule has 37 heavy (non-hydrogen) atoms. The van der Waals surface area contributed by atoms with Crippen LogP contribution in [0.15, 0.2) is 51.9 Å². The molecule has 5 aromatic rings. The molecule has 9 heteroatoms. The predicted molar refractivity (Wildman–Crippen MR) is 142 cm³/mol. The Morgan fingerprint density at radius 2 is 1.78 bits per heavy atom. The molecule has 3 aromatic heterocycles. The highest BCUT2D eigenvalue weighted by Gasteiger charge is 2.23. The van der Waals surface area contributed by atoms with Gasteiger partial charge >= 0.3 is 0 Å². The largest absolute Gasteiger partial charge is 0.456 e. The zero-order valence-electron chi connectivity index (χ0n) is 21.3. The van der Waals surface area contributed by atoms with Crippen LogP contribution in [0.2, 0.25) is 0 Å². The van der Waals surface area contributed by atoms with Crippen molar-refractivity contribution >= 4 is 21.4 Å². The molecule has 1 N–H and O–H groups in total. The predicted octanol–water partition coefficient (Wildman–Crippen LogP) is 6.40. The fourth-order valence-electron chi connectivity index (χ4n) is 4.33. The lowest BCUT2D eigenvalue weighted by Gasteiger charge is -2.22. The number of aromatic nitrogens is 3. The molecule has 0 unspecified atom stereocenters. The van der Waals surface area contributed by atoms with Gasteiger partial charge in [0.05, 0.1) is 10.5 Å². The van der Waals surface area contributed by atoms with E-state index >= 15 is 0 Å². The number of thiophene rings is 1. The number of hydrogen-bond acceptors (Lipinski definition) is 7. The fraction of sp³-hybridized carbons (Fsp3) is 0.250. The Morgan fingerprint density at radius 1 is 1.08 bits per heavy atom. The van der Waals surface area contributed by atoms with Crippen LogP contribution in [0.5, 0.6) is 11.5 Å². The monoisotopic (exact) mass is 519 g/mol. The number of halogens is 1. The number of benzene rings is 2. The van der Waals surface area contributed by atoms with E-state index in [0.717, 1.165) is 5.56 Å². The first-order valence-electron chi connectivity index (χ1n) is 11.7. The maximum Gasteiger partial charge on any atom is 0.268 e. The summed E-state index contributed by atoms with van der Waals surface area (Å²) in [6.45, 7) is 8.72. The first kappa shape index (κ1) is 24.9. The van der Waals surface area contributed by atoms with Gasteiger partial charge in [-0.2, -0.15) is 4.98 Å². The van der Waals surface area contributed by atoms with Crippen LogP contribution in [-0.4, -0.2) is 19.8 Å². The molecule has 0 amide bonds. The number of rotatable bonds is 5. The Kier molecular flexibility index (Phi) is 6.00. The van der Waals surface area contributed by atoms with E-state index in [1.165, 1.54) is 28.0 Å². The van der Waals surface area contributed by atoms with Gasteiger partial charge in [-0.05, 0) is 81.6 Å². The number of ether oxygens (including phenoxy) is 1. The second kappa shape index (κ2) is 8.93. The molecule has 0 aliphatic heterocycles. The van der Waals surface area contributed by atoms with Gasteiger partial charge in [0.25, 0.3) is 11.4 Å². The van der Waals surface area contributed by atoms with Crippen molar-refractivity contribution in [2.24, 2.45) is 7.05 Å². The maximum atomic E-state index is 13.9. The summed E-state index contributed by atoms with van der Waals surface area (Å²) in [4.78, 5) is 18.1. The second-order valence-corrected chi connectivity index (χ2v) is 10.8.